The van der Waals surface area contributed by atoms with Gasteiger partial charge in [-0.15, -0.1) is 0 Å². The molecule has 0 spiro atoms. The number of hydrogen-bond donors (Lipinski definition) is 1. The Bertz CT molecular complexity index is 300. The third-order valence-electron chi connectivity index (χ3n) is 5.09. The molecule has 0 aromatic carbocycles. The molecule has 1 aliphatic carbocycles. The molecule has 0 aromatic rings. The van der Waals surface area contributed by atoms with Gasteiger partial charge in [0.25, 0.3) is 0 Å². The number of nitrogens with one attached hydrogen (secondary N) is 1. The lowest BCUT2D eigenvalue weighted by Gasteiger charge is -2.44. The van der Waals surface area contributed by atoms with Crippen LogP contribution in [0.4, 0.5) is 13.2 Å². The van der Waals surface area contributed by atoms with Gasteiger partial charge in [-0.05, 0) is 25.2 Å². The predicted molar refractivity (Wildman–Crippen MR) is 79.3 cm³/mol. The summed E-state index contributed by atoms with van der Waals surface area (Å²) in [6.45, 7) is 3.92. The van der Waals surface area contributed by atoms with E-state index in [0.29, 0.717) is 12.0 Å². The van der Waals surface area contributed by atoms with Crippen LogP contribution in [0.3, 0.4) is 0 Å². The van der Waals surface area contributed by atoms with Gasteiger partial charge in [0.2, 0.25) is 0 Å². The van der Waals surface area contributed by atoms with E-state index in [2.05, 4.69) is 17.1 Å². The first kappa shape index (κ1) is 17.1. The summed E-state index contributed by atoms with van der Waals surface area (Å²) in [5.74, 6) is 0.662. The summed E-state index contributed by atoms with van der Waals surface area (Å²) in [7, 11) is 0. The van der Waals surface area contributed by atoms with Crippen LogP contribution in [0.15, 0.2) is 0 Å². The molecule has 1 N–H and O–H groups in total. The Kier molecular flexibility index (Phi) is 6.35. The van der Waals surface area contributed by atoms with Crippen molar-refractivity contribution in [3.63, 3.8) is 0 Å². The molecule has 1 aliphatic heterocycles. The Hall–Kier alpha value is -0.290. The van der Waals surface area contributed by atoms with Crippen LogP contribution in [0, 0.1) is 5.92 Å². The van der Waals surface area contributed by atoms with E-state index in [4.69, 9.17) is 0 Å². The van der Waals surface area contributed by atoms with Crippen LogP contribution >= 0.6 is 0 Å². The van der Waals surface area contributed by atoms with Crippen LogP contribution in [0.5, 0.6) is 0 Å². The third kappa shape index (κ3) is 5.44. The highest BCUT2D eigenvalue weighted by molar-refractivity contribution is 4.90. The number of piperazine rings is 1. The maximum absolute atomic E-state index is 12.5. The summed E-state index contributed by atoms with van der Waals surface area (Å²) in [5.41, 5.74) is 0. The Balaban J connectivity index is 1.90. The van der Waals surface area contributed by atoms with Crippen LogP contribution in [0.25, 0.3) is 0 Å². The first-order valence-electron chi connectivity index (χ1n) is 8.54. The van der Waals surface area contributed by atoms with E-state index < -0.39 is 12.6 Å². The number of halogens is 3. The van der Waals surface area contributed by atoms with Gasteiger partial charge in [-0.1, -0.05) is 32.6 Å². The van der Waals surface area contributed by atoms with Crippen LogP contribution in [0.1, 0.15) is 58.3 Å². The molecule has 2 nitrogen and oxygen atoms in total. The molecule has 1 heterocycles. The fraction of sp³-hybridized carbons (Fsp3) is 1.00. The van der Waals surface area contributed by atoms with Crippen molar-refractivity contribution in [3.8, 4) is 0 Å². The van der Waals surface area contributed by atoms with Gasteiger partial charge < -0.3 is 5.32 Å². The van der Waals surface area contributed by atoms with E-state index in [1.54, 1.807) is 0 Å². The average molecular weight is 306 g/mol. The first-order valence-corrected chi connectivity index (χ1v) is 8.54. The van der Waals surface area contributed by atoms with Crippen molar-refractivity contribution in [2.45, 2.75) is 76.6 Å². The fourth-order valence-electron chi connectivity index (χ4n) is 3.90. The highest BCUT2D eigenvalue weighted by atomic mass is 19.4. The summed E-state index contributed by atoms with van der Waals surface area (Å²) in [6, 6.07) is 0.670. The minimum Gasteiger partial charge on any atom is -0.311 e. The molecule has 0 bridgehead atoms. The maximum atomic E-state index is 12.5. The molecule has 0 amide bonds. The number of nitrogens with zero attached hydrogens (tertiary/aromatic N) is 1. The first-order chi connectivity index (χ1) is 9.99. The fourth-order valence-corrected chi connectivity index (χ4v) is 3.90. The van der Waals surface area contributed by atoms with Crippen molar-refractivity contribution in [2.75, 3.05) is 19.6 Å². The van der Waals surface area contributed by atoms with Crippen LogP contribution < -0.4 is 5.32 Å². The molecule has 2 fully saturated rings. The molecular weight excluding hydrogens is 277 g/mol. The van der Waals surface area contributed by atoms with E-state index in [0.717, 1.165) is 25.9 Å². The summed E-state index contributed by atoms with van der Waals surface area (Å²) in [6.07, 6.45) is 3.66. The molecule has 0 aromatic heterocycles. The van der Waals surface area contributed by atoms with Gasteiger partial charge in [0.15, 0.2) is 0 Å². The van der Waals surface area contributed by atoms with E-state index in [9.17, 15) is 13.2 Å². The molecule has 1 saturated heterocycles. The predicted octanol–water partition coefficient (Wildman–Crippen LogP) is 3.96. The Labute approximate surface area is 126 Å². The van der Waals surface area contributed by atoms with Gasteiger partial charge in [-0.2, -0.15) is 13.2 Å². The largest absolute Gasteiger partial charge is 0.390 e. The van der Waals surface area contributed by atoms with Gasteiger partial charge in [0.1, 0.15) is 0 Å². The summed E-state index contributed by atoms with van der Waals surface area (Å²) in [4.78, 5) is 2.10. The zero-order valence-corrected chi connectivity index (χ0v) is 13.1. The molecule has 2 aliphatic rings. The van der Waals surface area contributed by atoms with Crippen molar-refractivity contribution >= 4 is 0 Å². The zero-order chi connectivity index (χ0) is 15.3. The lowest BCUT2D eigenvalue weighted by Crippen LogP contribution is -2.59. The van der Waals surface area contributed by atoms with E-state index >= 15 is 0 Å². The summed E-state index contributed by atoms with van der Waals surface area (Å²) >= 11 is 0. The van der Waals surface area contributed by atoms with Gasteiger partial charge >= 0.3 is 6.18 Å². The highest BCUT2D eigenvalue weighted by Crippen LogP contribution is 2.29. The average Bonchev–Trinajstić information content (AvgIpc) is 2.46. The minimum atomic E-state index is -4.04. The van der Waals surface area contributed by atoms with Crippen molar-refractivity contribution in [1.29, 1.82) is 0 Å². The topological polar surface area (TPSA) is 15.3 Å². The normalized spacial score (nSPS) is 29.7. The van der Waals surface area contributed by atoms with Gasteiger partial charge in [-0.25, -0.2) is 0 Å². The molecule has 2 atom stereocenters. The molecule has 1 saturated carbocycles. The lowest BCUT2D eigenvalue weighted by atomic mass is 9.82. The summed E-state index contributed by atoms with van der Waals surface area (Å²) in [5, 5.41) is 3.63. The summed E-state index contributed by atoms with van der Waals surface area (Å²) < 4.78 is 37.6. The van der Waals surface area contributed by atoms with E-state index in [1.165, 1.54) is 32.1 Å². The quantitative estimate of drug-likeness (QED) is 0.827. The molecule has 2 rings (SSSR count). The molecule has 0 radical (unpaired) electrons. The Morgan fingerprint density at radius 1 is 1.14 bits per heavy atom. The van der Waals surface area contributed by atoms with Gasteiger partial charge in [0.05, 0.1) is 6.42 Å². The number of hydrogen-bond acceptors (Lipinski definition) is 2. The number of alkyl halides is 3. The molecular formula is C16H29F3N2. The standard InChI is InChI=1S/C16H29F3N2/c1-2-6-14-11-20-15(13-7-4-3-5-8-13)12-21(14)10-9-16(17,18)19/h13-15,20H,2-12H2,1H3. The van der Waals surface area contributed by atoms with Crippen LogP contribution in [0.2, 0.25) is 0 Å². The second kappa shape index (κ2) is 7.82. The second-order valence-electron chi connectivity index (χ2n) is 6.72. The maximum Gasteiger partial charge on any atom is 0.390 e. The van der Waals surface area contributed by atoms with E-state index in [1.807, 2.05) is 0 Å². The van der Waals surface area contributed by atoms with Crippen molar-refractivity contribution in [3.05, 3.63) is 0 Å². The lowest BCUT2D eigenvalue weighted by molar-refractivity contribution is -0.140. The highest BCUT2D eigenvalue weighted by Gasteiger charge is 2.35. The van der Waals surface area contributed by atoms with E-state index in [-0.39, 0.29) is 12.6 Å². The van der Waals surface area contributed by atoms with Gasteiger partial charge in [-0.3, -0.25) is 4.90 Å². The third-order valence-corrected chi connectivity index (χ3v) is 5.09. The van der Waals surface area contributed by atoms with Crippen molar-refractivity contribution in [1.82, 2.24) is 10.2 Å². The number of rotatable bonds is 5. The van der Waals surface area contributed by atoms with Gasteiger partial charge in [0, 0.05) is 31.7 Å². The van der Waals surface area contributed by atoms with Crippen molar-refractivity contribution < 1.29 is 13.2 Å². The molecule has 2 unspecified atom stereocenters. The Morgan fingerprint density at radius 3 is 2.48 bits per heavy atom. The molecule has 21 heavy (non-hydrogen) atoms. The SMILES string of the molecule is CCCC1CNC(C2CCCCC2)CN1CCC(F)(F)F. The van der Waals surface area contributed by atoms with Crippen LogP contribution in [-0.2, 0) is 0 Å². The monoisotopic (exact) mass is 306 g/mol. The smallest absolute Gasteiger partial charge is 0.311 e. The second-order valence-corrected chi connectivity index (χ2v) is 6.72. The zero-order valence-electron chi connectivity index (χ0n) is 13.1. The Morgan fingerprint density at radius 2 is 1.86 bits per heavy atom. The van der Waals surface area contributed by atoms with Crippen LogP contribution in [-0.4, -0.2) is 42.8 Å². The minimum absolute atomic E-state index is 0.166. The molecule has 5 heteroatoms. The molecule has 124 valence electrons. The van der Waals surface area contributed by atoms with Crippen molar-refractivity contribution in [2.24, 2.45) is 5.92 Å².